The maximum absolute atomic E-state index is 13.9. The molecule has 5 rings (SSSR count). The molecule has 6 heteroatoms. The lowest BCUT2D eigenvalue weighted by atomic mass is 10.1. The van der Waals surface area contributed by atoms with E-state index in [4.69, 9.17) is 4.74 Å². The average molecular weight is 423 g/mol. The summed E-state index contributed by atoms with van der Waals surface area (Å²) in [7, 11) is 0. The topological polar surface area (TPSA) is 49.9 Å². The normalized spacial score (nSPS) is 19.1. The fourth-order valence-corrected chi connectivity index (χ4v) is 5.06. The number of nitrogens with zero attached hydrogens (tertiary/aromatic N) is 2. The van der Waals surface area contributed by atoms with E-state index in [1.165, 1.54) is 11.0 Å². The third kappa shape index (κ3) is 3.85. The maximum Gasteiger partial charge on any atom is 0.261 e. The van der Waals surface area contributed by atoms with Gasteiger partial charge in [0, 0.05) is 25.2 Å². The predicted octanol–water partition coefficient (Wildman–Crippen LogP) is 3.84. The Hall–Kier alpha value is -2.73. The second kappa shape index (κ2) is 8.42. The van der Waals surface area contributed by atoms with Crippen LogP contribution in [0, 0.1) is 5.82 Å². The van der Waals surface area contributed by atoms with Crippen molar-refractivity contribution < 1.29 is 18.7 Å². The van der Waals surface area contributed by atoms with Gasteiger partial charge in [0.25, 0.3) is 11.8 Å². The molecule has 2 aliphatic heterocycles. The standard InChI is InChI=1S/C25H27FN2O3/c26-22-9-10-23(19-8-3-7-18(19)22)31-17-11-15-27(16-12-17)13-4-14-28-24(29)20-5-1-2-6-21(20)25(28)30/h1-2,5-6,9-10,17H,3-4,7-8,11-16H2. The first-order valence-electron chi connectivity index (χ1n) is 11.3. The van der Waals surface area contributed by atoms with Crippen molar-refractivity contribution in [2.24, 2.45) is 0 Å². The van der Waals surface area contributed by atoms with E-state index < -0.39 is 0 Å². The smallest absolute Gasteiger partial charge is 0.261 e. The zero-order valence-corrected chi connectivity index (χ0v) is 17.6. The van der Waals surface area contributed by atoms with Crippen LogP contribution in [0.2, 0.25) is 0 Å². The average Bonchev–Trinajstić information content (AvgIpc) is 3.38. The highest BCUT2D eigenvalue weighted by Crippen LogP contribution is 2.34. The van der Waals surface area contributed by atoms with Crippen LogP contribution in [0.25, 0.3) is 0 Å². The summed E-state index contributed by atoms with van der Waals surface area (Å²) in [5.41, 5.74) is 2.92. The minimum Gasteiger partial charge on any atom is -0.490 e. The zero-order chi connectivity index (χ0) is 21.4. The van der Waals surface area contributed by atoms with Crippen molar-refractivity contribution in [3.8, 4) is 5.75 Å². The van der Waals surface area contributed by atoms with Crippen LogP contribution in [0.1, 0.15) is 57.5 Å². The summed E-state index contributed by atoms with van der Waals surface area (Å²) in [5, 5.41) is 0. The quantitative estimate of drug-likeness (QED) is 0.664. The van der Waals surface area contributed by atoms with Crippen molar-refractivity contribution in [2.75, 3.05) is 26.2 Å². The largest absolute Gasteiger partial charge is 0.490 e. The molecule has 2 heterocycles. The van der Waals surface area contributed by atoms with Crippen molar-refractivity contribution in [3.05, 3.63) is 64.5 Å². The Morgan fingerprint density at radius 3 is 2.29 bits per heavy atom. The van der Waals surface area contributed by atoms with Gasteiger partial charge in [0.1, 0.15) is 17.7 Å². The van der Waals surface area contributed by atoms with E-state index in [-0.39, 0.29) is 23.7 Å². The van der Waals surface area contributed by atoms with Gasteiger partial charge in [0.2, 0.25) is 0 Å². The van der Waals surface area contributed by atoms with Gasteiger partial charge in [0.15, 0.2) is 0 Å². The monoisotopic (exact) mass is 422 g/mol. The molecule has 2 amide bonds. The Bertz CT molecular complexity index is 979. The van der Waals surface area contributed by atoms with E-state index in [1.54, 1.807) is 30.3 Å². The highest BCUT2D eigenvalue weighted by atomic mass is 19.1. The van der Waals surface area contributed by atoms with Gasteiger partial charge >= 0.3 is 0 Å². The van der Waals surface area contributed by atoms with Crippen LogP contribution in [-0.4, -0.2) is 53.9 Å². The Kier molecular flexibility index (Phi) is 5.48. The summed E-state index contributed by atoms with van der Waals surface area (Å²) >= 11 is 0. The number of halogens is 1. The number of likely N-dealkylation sites (tertiary alicyclic amines) is 1. The van der Waals surface area contributed by atoms with Crippen LogP contribution in [0.4, 0.5) is 4.39 Å². The van der Waals surface area contributed by atoms with E-state index >= 15 is 0 Å². The van der Waals surface area contributed by atoms with Gasteiger partial charge in [-0.2, -0.15) is 0 Å². The van der Waals surface area contributed by atoms with Crippen molar-refractivity contribution >= 4 is 11.8 Å². The highest BCUT2D eigenvalue weighted by Gasteiger charge is 2.34. The molecule has 1 aliphatic carbocycles. The minimum atomic E-state index is -0.181. The fraction of sp³-hybridized carbons (Fsp3) is 0.440. The van der Waals surface area contributed by atoms with E-state index in [9.17, 15) is 14.0 Å². The summed E-state index contributed by atoms with van der Waals surface area (Å²) < 4.78 is 20.2. The Morgan fingerprint density at radius 1 is 0.903 bits per heavy atom. The minimum absolute atomic E-state index is 0.104. The Balaban J connectivity index is 1.09. The van der Waals surface area contributed by atoms with E-state index in [0.717, 1.165) is 75.0 Å². The van der Waals surface area contributed by atoms with Gasteiger partial charge in [0.05, 0.1) is 11.1 Å². The summed E-state index contributed by atoms with van der Waals surface area (Å²) in [4.78, 5) is 28.7. The summed E-state index contributed by atoms with van der Waals surface area (Å²) in [6, 6.07) is 10.3. The van der Waals surface area contributed by atoms with E-state index in [1.807, 2.05) is 0 Å². The predicted molar refractivity (Wildman–Crippen MR) is 115 cm³/mol. The highest BCUT2D eigenvalue weighted by molar-refractivity contribution is 6.21. The SMILES string of the molecule is O=C1c2ccccc2C(=O)N1CCCN1CCC(Oc2ccc(F)c3c2CCC3)CC1. The number of benzene rings is 2. The molecule has 0 spiro atoms. The molecule has 0 saturated carbocycles. The van der Waals surface area contributed by atoms with Crippen molar-refractivity contribution in [1.82, 2.24) is 9.80 Å². The molecule has 5 nitrogen and oxygen atoms in total. The lowest BCUT2D eigenvalue weighted by molar-refractivity contribution is 0.0637. The molecule has 1 fully saturated rings. The first-order valence-corrected chi connectivity index (χ1v) is 11.3. The molecule has 162 valence electrons. The third-order valence-corrected chi connectivity index (χ3v) is 6.75. The number of hydrogen-bond donors (Lipinski definition) is 0. The second-order valence-electron chi connectivity index (χ2n) is 8.68. The summed E-state index contributed by atoms with van der Waals surface area (Å²) in [6.07, 6.45) is 5.49. The van der Waals surface area contributed by atoms with Gasteiger partial charge in [-0.1, -0.05) is 12.1 Å². The fourth-order valence-electron chi connectivity index (χ4n) is 5.06. The van der Waals surface area contributed by atoms with Crippen LogP contribution in [0.5, 0.6) is 5.75 Å². The summed E-state index contributed by atoms with van der Waals surface area (Å²) in [5.74, 6) is 0.393. The molecule has 0 atom stereocenters. The number of fused-ring (bicyclic) bond motifs is 2. The van der Waals surface area contributed by atoms with Crippen LogP contribution >= 0.6 is 0 Å². The first-order chi connectivity index (χ1) is 15.1. The molecule has 0 unspecified atom stereocenters. The molecular formula is C25H27FN2O3. The van der Waals surface area contributed by atoms with Crippen LogP contribution in [-0.2, 0) is 12.8 Å². The van der Waals surface area contributed by atoms with Crippen LogP contribution in [0.3, 0.4) is 0 Å². The number of carbonyl (C=O) groups is 2. The number of hydrogen-bond acceptors (Lipinski definition) is 4. The lowest BCUT2D eigenvalue weighted by Crippen LogP contribution is -2.40. The molecule has 3 aliphatic rings. The van der Waals surface area contributed by atoms with E-state index in [2.05, 4.69) is 4.90 Å². The van der Waals surface area contributed by atoms with Crippen LogP contribution < -0.4 is 4.74 Å². The van der Waals surface area contributed by atoms with Crippen LogP contribution in [0.15, 0.2) is 36.4 Å². The van der Waals surface area contributed by atoms with Gasteiger partial charge in [-0.3, -0.25) is 14.5 Å². The number of piperidine rings is 1. The van der Waals surface area contributed by atoms with Crippen molar-refractivity contribution in [1.29, 1.82) is 0 Å². The molecule has 0 N–H and O–H groups in total. The van der Waals surface area contributed by atoms with Gasteiger partial charge in [-0.25, -0.2) is 4.39 Å². The molecule has 1 saturated heterocycles. The molecule has 2 aromatic rings. The number of rotatable bonds is 6. The molecule has 2 aromatic carbocycles. The lowest BCUT2D eigenvalue weighted by Gasteiger charge is -2.32. The third-order valence-electron chi connectivity index (χ3n) is 6.75. The summed E-state index contributed by atoms with van der Waals surface area (Å²) in [6.45, 7) is 3.16. The molecule has 0 aromatic heterocycles. The molecule has 0 bridgehead atoms. The Labute approximate surface area is 181 Å². The van der Waals surface area contributed by atoms with Crippen molar-refractivity contribution in [3.63, 3.8) is 0 Å². The number of carbonyl (C=O) groups excluding carboxylic acids is 2. The molecule has 0 radical (unpaired) electrons. The van der Waals surface area contributed by atoms with Crippen molar-refractivity contribution in [2.45, 2.75) is 44.6 Å². The number of amides is 2. The zero-order valence-electron chi connectivity index (χ0n) is 17.6. The number of ether oxygens (including phenoxy) is 1. The van der Waals surface area contributed by atoms with Gasteiger partial charge < -0.3 is 9.64 Å². The second-order valence-corrected chi connectivity index (χ2v) is 8.68. The Morgan fingerprint density at radius 2 is 1.58 bits per heavy atom. The van der Waals surface area contributed by atoms with E-state index in [0.29, 0.717) is 17.7 Å². The van der Waals surface area contributed by atoms with Gasteiger partial charge in [-0.05, 0) is 74.9 Å². The van der Waals surface area contributed by atoms with Gasteiger partial charge in [-0.15, -0.1) is 0 Å². The molecule has 31 heavy (non-hydrogen) atoms. The maximum atomic E-state index is 13.9. The molecular weight excluding hydrogens is 395 g/mol. The first kappa shape index (κ1) is 20.2. The number of imide groups is 1.